The van der Waals surface area contributed by atoms with E-state index in [0.717, 1.165) is 35.3 Å². The van der Waals surface area contributed by atoms with Gasteiger partial charge in [-0.1, -0.05) is 56.8 Å². The fraction of sp³-hybridized carbons (Fsp3) is 0.450. The van der Waals surface area contributed by atoms with Crippen molar-refractivity contribution in [3.05, 3.63) is 47.2 Å². The Balaban J connectivity index is 1.79. The maximum atomic E-state index is 10.8. The quantitative estimate of drug-likeness (QED) is 0.595. The van der Waals surface area contributed by atoms with Gasteiger partial charge in [0.25, 0.3) is 0 Å². The van der Waals surface area contributed by atoms with Crippen molar-refractivity contribution in [2.24, 2.45) is 0 Å². The van der Waals surface area contributed by atoms with Crippen LogP contribution in [0, 0.1) is 0 Å². The van der Waals surface area contributed by atoms with Crippen LogP contribution in [0.3, 0.4) is 0 Å². The molecule has 0 atom stereocenters. The molecule has 26 heavy (non-hydrogen) atoms. The number of thioether (sulfide) groups is 1. The van der Waals surface area contributed by atoms with Gasteiger partial charge in [-0.05, 0) is 24.0 Å². The molecule has 1 aliphatic heterocycles. The third-order valence-electron chi connectivity index (χ3n) is 4.45. The molecular weight excluding hydrogens is 346 g/mol. The summed E-state index contributed by atoms with van der Waals surface area (Å²) < 4.78 is 0. The van der Waals surface area contributed by atoms with Gasteiger partial charge in [0.1, 0.15) is 5.82 Å². The van der Waals surface area contributed by atoms with Crippen molar-refractivity contribution in [3.63, 3.8) is 0 Å². The predicted molar refractivity (Wildman–Crippen MR) is 103 cm³/mol. The zero-order valence-electron chi connectivity index (χ0n) is 15.5. The Bertz CT molecular complexity index is 779. The molecule has 2 aromatic rings. The average molecular weight is 370 g/mol. The molecule has 1 fully saturated rings. The van der Waals surface area contributed by atoms with Gasteiger partial charge in [-0.2, -0.15) is 0 Å². The Labute approximate surface area is 158 Å². The first-order valence-electron chi connectivity index (χ1n) is 8.90. The van der Waals surface area contributed by atoms with Gasteiger partial charge in [-0.15, -0.1) is 0 Å². The minimum absolute atomic E-state index is 0.0388. The first-order chi connectivity index (χ1) is 12.3. The standard InChI is InChI=1S/C20H25N3O2S/c1-20(2,3)16-12-17(23-10-4-5-11-23)22-19(21-16)26-13-14-6-8-15(9-7-14)18(24)25/h6-9,12H,4-5,10-11,13H2,1-3H3,(H,24,25)/p-1. The first-order valence-corrected chi connectivity index (χ1v) is 9.89. The van der Waals surface area contributed by atoms with E-state index in [1.165, 1.54) is 12.8 Å². The van der Waals surface area contributed by atoms with Crippen molar-refractivity contribution in [2.75, 3.05) is 18.0 Å². The highest BCUT2D eigenvalue weighted by molar-refractivity contribution is 7.98. The minimum atomic E-state index is -1.15. The van der Waals surface area contributed by atoms with E-state index in [-0.39, 0.29) is 11.0 Å². The molecule has 5 nitrogen and oxygen atoms in total. The van der Waals surface area contributed by atoms with E-state index in [0.29, 0.717) is 5.75 Å². The number of hydrogen-bond acceptors (Lipinski definition) is 6. The minimum Gasteiger partial charge on any atom is -0.545 e. The molecule has 1 saturated heterocycles. The Morgan fingerprint density at radius 3 is 2.38 bits per heavy atom. The van der Waals surface area contributed by atoms with Gasteiger partial charge in [0.05, 0.1) is 11.7 Å². The largest absolute Gasteiger partial charge is 0.545 e. The summed E-state index contributed by atoms with van der Waals surface area (Å²) >= 11 is 1.58. The summed E-state index contributed by atoms with van der Waals surface area (Å²) in [6, 6.07) is 8.89. The van der Waals surface area contributed by atoms with Gasteiger partial charge in [0.2, 0.25) is 0 Å². The normalized spacial score (nSPS) is 14.7. The molecule has 6 heteroatoms. The molecule has 0 aliphatic carbocycles. The first kappa shape index (κ1) is 18.7. The van der Waals surface area contributed by atoms with Crippen LogP contribution in [-0.4, -0.2) is 29.0 Å². The van der Waals surface area contributed by atoms with Crippen LogP contribution in [0.2, 0.25) is 0 Å². The average Bonchev–Trinajstić information content (AvgIpc) is 3.14. The fourth-order valence-corrected chi connectivity index (χ4v) is 3.66. The highest BCUT2D eigenvalue weighted by atomic mass is 32.2. The van der Waals surface area contributed by atoms with Crippen molar-refractivity contribution in [1.82, 2.24) is 9.97 Å². The number of anilines is 1. The van der Waals surface area contributed by atoms with Gasteiger partial charge in [-0.3, -0.25) is 0 Å². The van der Waals surface area contributed by atoms with Crippen LogP contribution in [0.5, 0.6) is 0 Å². The zero-order valence-corrected chi connectivity index (χ0v) is 16.3. The molecule has 1 aliphatic rings. The number of carbonyl (C=O) groups is 1. The van der Waals surface area contributed by atoms with Crippen molar-refractivity contribution in [1.29, 1.82) is 0 Å². The molecule has 0 saturated carbocycles. The lowest BCUT2D eigenvalue weighted by Crippen LogP contribution is -2.22. The lowest BCUT2D eigenvalue weighted by molar-refractivity contribution is -0.255. The Hall–Kier alpha value is -2.08. The molecule has 3 rings (SSSR count). The van der Waals surface area contributed by atoms with Crippen LogP contribution in [0.4, 0.5) is 5.82 Å². The number of hydrogen-bond donors (Lipinski definition) is 0. The maximum Gasteiger partial charge on any atom is 0.190 e. The third kappa shape index (κ3) is 4.55. The van der Waals surface area contributed by atoms with E-state index in [9.17, 15) is 9.90 Å². The van der Waals surface area contributed by atoms with Crippen LogP contribution < -0.4 is 10.0 Å². The smallest absolute Gasteiger partial charge is 0.190 e. The number of rotatable bonds is 5. The lowest BCUT2D eigenvalue weighted by atomic mass is 9.92. The Morgan fingerprint density at radius 1 is 1.15 bits per heavy atom. The second kappa shape index (κ2) is 7.66. The highest BCUT2D eigenvalue weighted by Gasteiger charge is 2.21. The summed E-state index contributed by atoms with van der Waals surface area (Å²) in [5.74, 6) is 0.554. The molecule has 0 amide bonds. The number of aromatic carboxylic acids is 1. The van der Waals surface area contributed by atoms with Crippen LogP contribution in [-0.2, 0) is 11.2 Å². The van der Waals surface area contributed by atoms with Crippen molar-refractivity contribution >= 4 is 23.5 Å². The number of carboxylic acid groups (broad SMARTS) is 1. The lowest BCUT2D eigenvalue weighted by Gasteiger charge is -2.23. The number of carboxylic acids is 1. The predicted octanol–water partition coefficient (Wildman–Crippen LogP) is 3.03. The molecule has 138 valence electrons. The van der Waals surface area contributed by atoms with Gasteiger partial charge in [0, 0.05) is 30.3 Å². The Kier molecular flexibility index (Phi) is 5.51. The van der Waals surface area contributed by atoms with E-state index >= 15 is 0 Å². The van der Waals surface area contributed by atoms with Crippen LogP contribution in [0.1, 0.15) is 55.2 Å². The van der Waals surface area contributed by atoms with Crippen LogP contribution in [0.25, 0.3) is 0 Å². The summed E-state index contributed by atoms with van der Waals surface area (Å²) in [6.45, 7) is 8.59. The summed E-state index contributed by atoms with van der Waals surface area (Å²) in [5, 5.41) is 11.6. The molecule has 0 N–H and O–H groups in total. The zero-order chi connectivity index (χ0) is 18.7. The van der Waals surface area contributed by atoms with E-state index in [2.05, 4.69) is 31.7 Å². The van der Waals surface area contributed by atoms with E-state index < -0.39 is 5.97 Å². The summed E-state index contributed by atoms with van der Waals surface area (Å²) in [5.41, 5.74) is 2.24. The van der Waals surface area contributed by atoms with E-state index in [1.54, 1.807) is 23.9 Å². The van der Waals surface area contributed by atoms with Gasteiger partial charge in [0.15, 0.2) is 5.16 Å². The van der Waals surface area contributed by atoms with Gasteiger partial charge >= 0.3 is 0 Å². The topological polar surface area (TPSA) is 69.2 Å². The van der Waals surface area contributed by atoms with Crippen LogP contribution in [0.15, 0.2) is 35.5 Å². The maximum absolute atomic E-state index is 10.8. The van der Waals surface area contributed by atoms with Crippen molar-refractivity contribution in [2.45, 2.75) is 49.9 Å². The van der Waals surface area contributed by atoms with E-state index in [4.69, 9.17) is 9.97 Å². The second-order valence-corrected chi connectivity index (χ2v) is 8.55. The monoisotopic (exact) mass is 370 g/mol. The molecule has 2 heterocycles. The summed E-state index contributed by atoms with van der Waals surface area (Å²) in [7, 11) is 0. The number of nitrogens with zero attached hydrogens (tertiary/aromatic N) is 3. The second-order valence-electron chi connectivity index (χ2n) is 7.61. The molecule has 0 radical (unpaired) electrons. The molecular formula is C20H24N3O2S-. The molecule has 1 aromatic carbocycles. The molecule has 0 bridgehead atoms. The molecule has 0 spiro atoms. The van der Waals surface area contributed by atoms with Crippen molar-refractivity contribution in [3.8, 4) is 0 Å². The number of benzene rings is 1. The Morgan fingerprint density at radius 2 is 1.81 bits per heavy atom. The summed E-state index contributed by atoms with van der Waals surface area (Å²) in [6.07, 6.45) is 2.42. The third-order valence-corrected chi connectivity index (χ3v) is 5.37. The van der Waals surface area contributed by atoms with Gasteiger partial charge in [-0.25, -0.2) is 9.97 Å². The van der Waals surface area contributed by atoms with Crippen molar-refractivity contribution < 1.29 is 9.90 Å². The SMILES string of the molecule is CC(C)(C)c1cc(N2CCCC2)nc(SCc2ccc(C(=O)[O-])cc2)n1. The molecule has 1 aromatic heterocycles. The number of carbonyl (C=O) groups excluding carboxylic acids is 1. The molecule has 0 unspecified atom stereocenters. The highest BCUT2D eigenvalue weighted by Crippen LogP contribution is 2.29. The van der Waals surface area contributed by atoms with E-state index in [1.807, 2.05) is 12.1 Å². The summed E-state index contributed by atoms with van der Waals surface area (Å²) in [4.78, 5) is 22.7. The fourth-order valence-electron chi connectivity index (χ4n) is 2.85. The van der Waals surface area contributed by atoms with Crippen LogP contribution >= 0.6 is 11.8 Å². The van der Waals surface area contributed by atoms with Gasteiger partial charge < -0.3 is 14.8 Å². The number of aromatic nitrogens is 2.